The molecule has 0 aliphatic carbocycles. The summed E-state index contributed by atoms with van der Waals surface area (Å²) in [6.45, 7) is 0.357. The molecule has 9 nitrogen and oxygen atoms in total. The molecule has 0 spiro atoms. The summed E-state index contributed by atoms with van der Waals surface area (Å²) in [5, 5.41) is 10.7. The zero-order chi connectivity index (χ0) is 13.1. The number of aliphatic carboxylic acids is 1. The number of nitrogens with one attached hydrogen (secondary N) is 1. The van der Waals surface area contributed by atoms with Crippen molar-refractivity contribution < 1.29 is 19.5 Å². The zero-order valence-electron chi connectivity index (χ0n) is 8.68. The smallest absolute Gasteiger partial charge is 0.320 e. The van der Waals surface area contributed by atoms with Gasteiger partial charge in [0.05, 0.1) is 0 Å². The third kappa shape index (κ3) is 17.9. The Morgan fingerprint density at radius 1 is 1.19 bits per heavy atom. The van der Waals surface area contributed by atoms with E-state index in [2.05, 4.69) is 16.8 Å². The summed E-state index contributed by atoms with van der Waals surface area (Å²) in [5.41, 5.74) is 18.5. The molecule has 0 aromatic carbocycles. The highest BCUT2D eigenvalue weighted by Crippen LogP contribution is 1.92. The first-order valence-electron chi connectivity index (χ1n) is 4.34. The summed E-state index contributed by atoms with van der Waals surface area (Å²) in [6, 6.07) is -2.31. The van der Waals surface area contributed by atoms with Gasteiger partial charge in [0.1, 0.15) is 6.04 Å². The summed E-state index contributed by atoms with van der Waals surface area (Å²) < 4.78 is 0. The number of carboxylic acid groups (broad SMARTS) is 1. The number of primary amides is 3. The Bertz CT molecular complexity index is 241. The number of carboxylic acids is 1. The van der Waals surface area contributed by atoms with Gasteiger partial charge >= 0.3 is 18.0 Å². The van der Waals surface area contributed by atoms with Crippen LogP contribution in [0.25, 0.3) is 0 Å². The molecule has 0 heterocycles. The van der Waals surface area contributed by atoms with Crippen molar-refractivity contribution in [1.29, 1.82) is 0 Å². The lowest BCUT2D eigenvalue weighted by Crippen LogP contribution is -2.33. The molecule has 94 valence electrons. The van der Waals surface area contributed by atoms with Gasteiger partial charge in [-0.2, -0.15) is 0 Å². The fourth-order valence-corrected chi connectivity index (χ4v) is 0.657. The number of rotatable bonds is 5. The second-order valence-corrected chi connectivity index (χ2v) is 2.78. The van der Waals surface area contributed by atoms with Crippen LogP contribution in [0.15, 0.2) is 0 Å². The van der Waals surface area contributed by atoms with Crippen molar-refractivity contribution in [2.75, 3.05) is 6.54 Å². The van der Waals surface area contributed by atoms with Crippen molar-refractivity contribution in [2.45, 2.75) is 18.9 Å². The number of amides is 4. The van der Waals surface area contributed by atoms with E-state index in [0.717, 1.165) is 0 Å². The van der Waals surface area contributed by atoms with Crippen molar-refractivity contribution >= 4 is 18.0 Å². The van der Waals surface area contributed by atoms with Gasteiger partial charge < -0.3 is 33.4 Å². The molecule has 16 heavy (non-hydrogen) atoms. The highest BCUT2D eigenvalue weighted by molar-refractivity contribution is 5.73. The quantitative estimate of drug-likeness (QED) is 0.296. The molecule has 0 saturated heterocycles. The average Bonchev–Trinajstić information content (AvgIpc) is 2.10. The largest absolute Gasteiger partial charge is 0.480 e. The van der Waals surface area contributed by atoms with E-state index >= 15 is 0 Å². The molecule has 0 aromatic heterocycles. The summed E-state index contributed by atoms with van der Waals surface area (Å²) in [5.74, 6) is -1.03. The van der Waals surface area contributed by atoms with Crippen LogP contribution in [0.3, 0.4) is 0 Å². The van der Waals surface area contributed by atoms with Gasteiger partial charge in [0, 0.05) is 6.54 Å². The lowest BCUT2D eigenvalue weighted by molar-refractivity contribution is -0.138. The lowest BCUT2D eigenvalue weighted by Gasteiger charge is -2.05. The van der Waals surface area contributed by atoms with Crippen LogP contribution in [-0.2, 0) is 4.79 Å². The molecule has 0 fully saturated rings. The molecule has 10 N–H and O–H groups in total. The Kier molecular flexibility index (Phi) is 9.76. The number of hydrogen-bond donors (Lipinski definition) is 6. The van der Waals surface area contributed by atoms with Crippen LogP contribution >= 0.6 is 0 Å². The highest BCUT2D eigenvalue weighted by atomic mass is 16.4. The fraction of sp³-hybridized carbons (Fsp3) is 0.571. The van der Waals surface area contributed by atoms with Gasteiger partial charge in [0.15, 0.2) is 0 Å². The number of carbonyl (C=O) groups excluding carboxylic acids is 2. The van der Waals surface area contributed by atoms with Crippen molar-refractivity contribution in [3.8, 4) is 0 Å². The zero-order valence-corrected chi connectivity index (χ0v) is 8.68. The van der Waals surface area contributed by atoms with E-state index in [4.69, 9.17) is 21.4 Å². The molecular weight excluding hydrogens is 218 g/mol. The second-order valence-electron chi connectivity index (χ2n) is 2.78. The van der Waals surface area contributed by atoms with E-state index in [1.165, 1.54) is 0 Å². The lowest BCUT2D eigenvalue weighted by atomic mass is 10.2. The summed E-state index contributed by atoms with van der Waals surface area (Å²) >= 11 is 0. The minimum Gasteiger partial charge on any atom is -0.480 e. The number of carbonyl (C=O) groups is 3. The molecule has 1 atom stereocenters. The molecule has 4 amide bonds. The van der Waals surface area contributed by atoms with Crippen LogP contribution in [0.2, 0.25) is 0 Å². The van der Waals surface area contributed by atoms with Gasteiger partial charge in [0.25, 0.3) is 0 Å². The van der Waals surface area contributed by atoms with Crippen LogP contribution in [0.5, 0.6) is 0 Å². The molecule has 0 bridgehead atoms. The summed E-state index contributed by atoms with van der Waals surface area (Å²) in [4.78, 5) is 29.3. The predicted octanol–water partition coefficient (Wildman–Crippen LogP) is -2.13. The molecule has 9 heteroatoms. The van der Waals surface area contributed by atoms with E-state index in [9.17, 15) is 9.59 Å². The van der Waals surface area contributed by atoms with Gasteiger partial charge in [-0.3, -0.25) is 4.79 Å². The molecule has 0 rings (SSSR count). The minimum absolute atomic E-state index is 0.329. The van der Waals surface area contributed by atoms with Gasteiger partial charge in [0.2, 0.25) is 0 Å². The first-order valence-corrected chi connectivity index (χ1v) is 4.34. The maximum Gasteiger partial charge on any atom is 0.320 e. The molecule has 0 radical (unpaired) electrons. The molecule has 0 aliphatic heterocycles. The van der Waals surface area contributed by atoms with Crippen LogP contribution in [0.4, 0.5) is 9.59 Å². The number of nitrogens with two attached hydrogens (primary N) is 4. The summed E-state index contributed by atoms with van der Waals surface area (Å²) in [7, 11) is 0. The normalized spacial score (nSPS) is 10.6. The van der Waals surface area contributed by atoms with E-state index in [-0.39, 0.29) is 0 Å². The first kappa shape index (κ1) is 16.4. The number of hydrogen-bond acceptors (Lipinski definition) is 4. The van der Waals surface area contributed by atoms with Gasteiger partial charge in [-0.15, -0.1) is 0 Å². The van der Waals surface area contributed by atoms with Crippen LogP contribution in [0.1, 0.15) is 12.8 Å². The molecular formula is C7H17N5O4. The Hall–Kier alpha value is -2.03. The minimum atomic E-state index is -1.03. The molecule has 0 saturated carbocycles. The monoisotopic (exact) mass is 235 g/mol. The van der Waals surface area contributed by atoms with Crippen LogP contribution < -0.4 is 28.3 Å². The van der Waals surface area contributed by atoms with Crippen molar-refractivity contribution in [2.24, 2.45) is 22.9 Å². The van der Waals surface area contributed by atoms with Crippen LogP contribution in [0, 0.1) is 0 Å². The van der Waals surface area contributed by atoms with E-state index in [0.29, 0.717) is 19.4 Å². The molecule has 0 aromatic rings. The van der Waals surface area contributed by atoms with Gasteiger partial charge in [-0.1, -0.05) is 0 Å². The third-order valence-corrected chi connectivity index (χ3v) is 1.31. The molecule has 0 unspecified atom stereocenters. The Balaban J connectivity index is 0. The fourth-order valence-electron chi connectivity index (χ4n) is 0.657. The van der Waals surface area contributed by atoms with E-state index < -0.39 is 24.1 Å². The van der Waals surface area contributed by atoms with Crippen LogP contribution in [-0.4, -0.2) is 35.7 Å². The standard InChI is InChI=1S/C6H13N3O3.CH4N2O/c7-4(5(10)11)2-1-3-9-6(8)12;2-1(3)4/h4H,1-3,7H2,(H,10,11)(H3,8,9,12);(H4,2,3,4)/t4-;/m0./s1. The Morgan fingerprint density at radius 3 is 1.94 bits per heavy atom. The third-order valence-electron chi connectivity index (χ3n) is 1.31. The topological polar surface area (TPSA) is 188 Å². The first-order chi connectivity index (χ1) is 7.27. The van der Waals surface area contributed by atoms with Gasteiger partial charge in [-0.25, -0.2) is 9.59 Å². The van der Waals surface area contributed by atoms with Crippen molar-refractivity contribution in [3.05, 3.63) is 0 Å². The van der Waals surface area contributed by atoms with E-state index in [1.807, 2.05) is 0 Å². The van der Waals surface area contributed by atoms with Crippen molar-refractivity contribution in [3.63, 3.8) is 0 Å². The summed E-state index contributed by atoms with van der Waals surface area (Å²) in [6.07, 6.45) is 0.839. The Labute approximate surface area is 92.1 Å². The van der Waals surface area contributed by atoms with Crippen molar-refractivity contribution in [1.82, 2.24) is 5.32 Å². The predicted molar refractivity (Wildman–Crippen MR) is 56.2 cm³/mol. The SMILES string of the molecule is NC(=O)NCCC[C@H](N)C(=O)O.NC(N)=O. The second kappa shape index (κ2) is 9.52. The Morgan fingerprint density at radius 2 is 1.62 bits per heavy atom. The van der Waals surface area contributed by atoms with E-state index in [1.54, 1.807) is 0 Å². The number of urea groups is 2. The highest BCUT2D eigenvalue weighted by Gasteiger charge is 2.09. The average molecular weight is 235 g/mol. The van der Waals surface area contributed by atoms with Gasteiger partial charge in [-0.05, 0) is 12.8 Å². The maximum absolute atomic E-state index is 10.2. The maximum atomic E-state index is 10.2. The molecule has 0 aliphatic rings.